The number of hydrogen-bond donors (Lipinski definition) is 2. The largest absolute Gasteiger partial charge is 0.481 e. The first kappa shape index (κ1) is 9.31. The number of furan rings is 1. The van der Waals surface area contributed by atoms with Crippen LogP contribution in [0.25, 0.3) is 0 Å². The predicted octanol–water partition coefficient (Wildman–Crippen LogP) is 1.08. The third kappa shape index (κ3) is 3.42. The number of carbonyl (C=O) groups excluding carboxylic acids is 1. The van der Waals surface area contributed by atoms with Crippen LogP contribution in [0.1, 0.15) is 12.8 Å². The summed E-state index contributed by atoms with van der Waals surface area (Å²) in [6.07, 6.45) is 1.20. The predicted molar refractivity (Wildman–Crippen MR) is 44.2 cm³/mol. The van der Waals surface area contributed by atoms with Crippen molar-refractivity contribution in [2.45, 2.75) is 12.8 Å². The van der Waals surface area contributed by atoms with Gasteiger partial charge >= 0.3 is 5.97 Å². The molecule has 0 saturated carbocycles. The Bertz CT molecular complexity index is 291. The fraction of sp³-hybridized carbons (Fsp3) is 0.250. The normalized spacial score (nSPS) is 9.54. The minimum atomic E-state index is -0.991. The van der Waals surface area contributed by atoms with Gasteiger partial charge in [0.05, 0.1) is 12.7 Å². The lowest BCUT2D eigenvalue weighted by Gasteiger charge is -1.98. The fourth-order valence-corrected chi connectivity index (χ4v) is 0.770. The Morgan fingerprint density at radius 1 is 1.46 bits per heavy atom. The highest BCUT2D eigenvalue weighted by Crippen LogP contribution is 2.07. The zero-order valence-electron chi connectivity index (χ0n) is 6.82. The number of carboxylic acid groups (broad SMARTS) is 1. The van der Waals surface area contributed by atoms with Gasteiger partial charge in [0.25, 0.3) is 0 Å². The van der Waals surface area contributed by atoms with Gasteiger partial charge in [-0.3, -0.25) is 14.9 Å². The maximum atomic E-state index is 11.0. The number of nitrogens with one attached hydrogen (secondary N) is 1. The highest BCUT2D eigenvalue weighted by atomic mass is 16.4. The van der Waals surface area contributed by atoms with Crippen LogP contribution < -0.4 is 5.32 Å². The minimum absolute atomic E-state index is 0.0456. The summed E-state index contributed by atoms with van der Waals surface area (Å²) in [5.74, 6) is -1.03. The van der Waals surface area contributed by atoms with E-state index in [-0.39, 0.29) is 18.7 Å². The molecule has 0 saturated heterocycles. The lowest BCUT2D eigenvalue weighted by Crippen LogP contribution is -2.12. The summed E-state index contributed by atoms with van der Waals surface area (Å²) in [5.41, 5.74) is 0. The molecule has 0 aromatic carbocycles. The third-order valence-electron chi connectivity index (χ3n) is 1.35. The molecule has 0 aliphatic heterocycles. The van der Waals surface area contributed by atoms with Crippen molar-refractivity contribution in [2.75, 3.05) is 5.32 Å². The molecule has 0 fully saturated rings. The first-order valence-electron chi connectivity index (χ1n) is 3.73. The maximum absolute atomic E-state index is 11.0. The number of hydrogen-bond acceptors (Lipinski definition) is 3. The van der Waals surface area contributed by atoms with E-state index in [0.29, 0.717) is 5.88 Å². The van der Waals surface area contributed by atoms with Crippen LogP contribution in [0.5, 0.6) is 0 Å². The van der Waals surface area contributed by atoms with E-state index >= 15 is 0 Å². The van der Waals surface area contributed by atoms with Gasteiger partial charge in [-0.05, 0) is 6.07 Å². The average Bonchev–Trinajstić information content (AvgIpc) is 2.53. The smallest absolute Gasteiger partial charge is 0.303 e. The molecule has 13 heavy (non-hydrogen) atoms. The van der Waals surface area contributed by atoms with E-state index in [2.05, 4.69) is 5.32 Å². The molecule has 70 valence electrons. The Hall–Kier alpha value is -1.78. The van der Waals surface area contributed by atoms with Gasteiger partial charge in [-0.25, -0.2) is 0 Å². The molecule has 5 nitrogen and oxygen atoms in total. The lowest BCUT2D eigenvalue weighted by atomic mass is 10.3. The summed E-state index contributed by atoms with van der Waals surface area (Å²) in [6, 6.07) is 3.21. The summed E-state index contributed by atoms with van der Waals surface area (Å²) in [4.78, 5) is 21.1. The molecule has 5 heteroatoms. The molecule has 0 bridgehead atoms. The van der Waals surface area contributed by atoms with E-state index in [1.165, 1.54) is 6.26 Å². The van der Waals surface area contributed by atoms with Gasteiger partial charge in [0.1, 0.15) is 0 Å². The molecule has 0 atom stereocenters. The Labute approximate surface area is 74.4 Å². The fourth-order valence-electron chi connectivity index (χ4n) is 0.770. The summed E-state index contributed by atoms with van der Waals surface area (Å²) < 4.78 is 4.83. The van der Waals surface area contributed by atoms with Crippen LogP contribution in [0.15, 0.2) is 22.8 Å². The highest BCUT2D eigenvalue weighted by Gasteiger charge is 2.06. The highest BCUT2D eigenvalue weighted by molar-refractivity contribution is 5.91. The van der Waals surface area contributed by atoms with Gasteiger partial charge in [-0.15, -0.1) is 0 Å². The van der Waals surface area contributed by atoms with Crippen molar-refractivity contribution in [3.05, 3.63) is 18.4 Å². The summed E-state index contributed by atoms with van der Waals surface area (Å²) in [6.45, 7) is 0. The van der Waals surface area contributed by atoms with Gasteiger partial charge in [-0.2, -0.15) is 0 Å². The van der Waals surface area contributed by atoms with E-state index in [4.69, 9.17) is 9.52 Å². The first-order valence-corrected chi connectivity index (χ1v) is 3.73. The molecule has 0 aliphatic rings. The maximum Gasteiger partial charge on any atom is 0.303 e. The minimum Gasteiger partial charge on any atom is -0.481 e. The number of anilines is 1. The zero-order valence-corrected chi connectivity index (χ0v) is 6.82. The van der Waals surface area contributed by atoms with E-state index in [1.807, 2.05) is 0 Å². The van der Waals surface area contributed by atoms with Crippen molar-refractivity contribution in [1.29, 1.82) is 0 Å². The van der Waals surface area contributed by atoms with E-state index < -0.39 is 5.97 Å². The molecular weight excluding hydrogens is 174 g/mol. The van der Waals surface area contributed by atoms with Crippen molar-refractivity contribution >= 4 is 17.8 Å². The molecular formula is C8H9NO4. The standard InChI is InChI=1S/C8H9NO4/c10-6(3-4-8(11)12)9-7-2-1-5-13-7/h1-2,5H,3-4H2,(H,9,10)(H,11,12). The lowest BCUT2D eigenvalue weighted by molar-refractivity contribution is -0.138. The van der Waals surface area contributed by atoms with Crippen molar-refractivity contribution in [1.82, 2.24) is 0 Å². The van der Waals surface area contributed by atoms with Gasteiger partial charge in [0, 0.05) is 12.5 Å². The van der Waals surface area contributed by atoms with Crippen LogP contribution in [0.3, 0.4) is 0 Å². The van der Waals surface area contributed by atoms with Gasteiger partial charge in [0.2, 0.25) is 5.91 Å². The summed E-state index contributed by atoms with van der Waals surface area (Å²) in [5, 5.41) is 10.7. The third-order valence-corrected chi connectivity index (χ3v) is 1.35. The SMILES string of the molecule is O=C(O)CCC(=O)Nc1ccco1. The van der Waals surface area contributed by atoms with Crippen molar-refractivity contribution < 1.29 is 19.1 Å². The van der Waals surface area contributed by atoms with Gasteiger partial charge < -0.3 is 9.52 Å². The Balaban J connectivity index is 2.30. The quantitative estimate of drug-likeness (QED) is 0.732. The molecule has 2 N–H and O–H groups in total. The van der Waals surface area contributed by atoms with Crippen molar-refractivity contribution in [3.8, 4) is 0 Å². The topological polar surface area (TPSA) is 79.5 Å². The summed E-state index contributed by atoms with van der Waals surface area (Å²) in [7, 11) is 0. The van der Waals surface area contributed by atoms with Crippen LogP contribution in [0.2, 0.25) is 0 Å². The number of amides is 1. The second-order valence-electron chi connectivity index (χ2n) is 2.42. The Morgan fingerprint density at radius 2 is 2.23 bits per heavy atom. The van der Waals surface area contributed by atoms with Crippen LogP contribution in [-0.4, -0.2) is 17.0 Å². The van der Waals surface area contributed by atoms with Crippen LogP contribution in [-0.2, 0) is 9.59 Å². The van der Waals surface area contributed by atoms with Crippen LogP contribution in [0.4, 0.5) is 5.88 Å². The van der Waals surface area contributed by atoms with Crippen molar-refractivity contribution in [3.63, 3.8) is 0 Å². The Kier molecular flexibility index (Phi) is 3.08. The average molecular weight is 183 g/mol. The molecule has 1 amide bonds. The second-order valence-corrected chi connectivity index (χ2v) is 2.42. The second kappa shape index (κ2) is 4.30. The van der Waals surface area contributed by atoms with Gasteiger partial charge in [0.15, 0.2) is 5.88 Å². The molecule has 0 radical (unpaired) electrons. The number of carbonyl (C=O) groups is 2. The molecule has 1 aromatic heterocycles. The molecule has 0 aliphatic carbocycles. The van der Waals surface area contributed by atoms with Crippen LogP contribution in [0, 0.1) is 0 Å². The monoisotopic (exact) mass is 183 g/mol. The number of rotatable bonds is 4. The number of aliphatic carboxylic acids is 1. The first-order chi connectivity index (χ1) is 6.18. The van der Waals surface area contributed by atoms with Crippen LogP contribution >= 0.6 is 0 Å². The Morgan fingerprint density at radius 3 is 2.77 bits per heavy atom. The van der Waals surface area contributed by atoms with E-state index in [1.54, 1.807) is 12.1 Å². The number of carboxylic acids is 1. The summed E-state index contributed by atoms with van der Waals surface area (Å²) >= 11 is 0. The molecule has 1 rings (SSSR count). The molecule has 1 heterocycles. The zero-order chi connectivity index (χ0) is 9.68. The van der Waals surface area contributed by atoms with Crippen molar-refractivity contribution in [2.24, 2.45) is 0 Å². The van der Waals surface area contributed by atoms with E-state index in [9.17, 15) is 9.59 Å². The van der Waals surface area contributed by atoms with Gasteiger partial charge in [-0.1, -0.05) is 0 Å². The van der Waals surface area contributed by atoms with E-state index in [0.717, 1.165) is 0 Å². The molecule has 0 unspecified atom stereocenters. The molecule has 1 aromatic rings. The molecule has 0 spiro atoms.